The highest BCUT2D eigenvalue weighted by molar-refractivity contribution is 5.87. The molecule has 0 spiro atoms. The van der Waals surface area contributed by atoms with Crippen LogP contribution in [0.2, 0.25) is 0 Å². The Kier molecular flexibility index (Phi) is 8.77. The van der Waals surface area contributed by atoms with Crippen molar-refractivity contribution in [1.82, 2.24) is 0 Å². The molecule has 142 valence electrons. The predicted octanol–water partition coefficient (Wildman–Crippen LogP) is 1.03. The summed E-state index contributed by atoms with van der Waals surface area (Å²) in [7, 11) is 2.20. The number of likely N-dealkylation sites (N-methyl/N-ethyl adjacent to an activating group) is 1. The van der Waals surface area contributed by atoms with Gasteiger partial charge in [-0.2, -0.15) is 0 Å². The molecule has 0 radical (unpaired) electrons. The third-order valence-electron chi connectivity index (χ3n) is 5.50. The Labute approximate surface area is 175 Å². The van der Waals surface area contributed by atoms with Gasteiger partial charge in [-0.25, -0.2) is 0 Å². The van der Waals surface area contributed by atoms with Crippen LogP contribution in [-0.2, 0) is 14.9 Å². The molecule has 0 atom stereocenters. The number of rotatable bonds is 8. The van der Waals surface area contributed by atoms with Crippen LogP contribution in [0, 0.1) is 0 Å². The Balaban J connectivity index is 0.00000338. The molecule has 0 saturated carbocycles. The Bertz CT molecular complexity index is 630. The van der Waals surface area contributed by atoms with Crippen LogP contribution in [0.15, 0.2) is 60.7 Å². The van der Waals surface area contributed by atoms with Gasteiger partial charge in [-0.1, -0.05) is 60.7 Å². The molecule has 26 heavy (non-hydrogen) atoms. The van der Waals surface area contributed by atoms with E-state index in [2.05, 4.69) is 20.9 Å². The minimum absolute atomic E-state index is 0. The molecule has 4 heteroatoms. The summed E-state index contributed by atoms with van der Waals surface area (Å²) in [5.41, 5.74) is 1.11. The summed E-state index contributed by atoms with van der Waals surface area (Å²) in [4.78, 5) is 13.1. The van der Waals surface area contributed by atoms with Gasteiger partial charge >= 0.3 is 5.97 Å². The van der Waals surface area contributed by atoms with E-state index in [-0.39, 0.29) is 29.9 Å². The first-order chi connectivity index (χ1) is 12.0. The molecule has 0 fully saturated rings. The molecule has 0 heterocycles. The van der Waals surface area contributed by atoms with E-state index in [0.717, 1.165) is 35.2 Å². The highest BCUT2D eigenvalue weighted by Crippen LogP contribution is 2.33. The number of halogens is 1. The van der Waals surface area contributed by atoms with Crippen molar-refractivity contribution in [1.29, 1.82) is 0 Å². The second-order valence-corrected chi connectivity index (χ2v) is 6.97. The number of quaternary nitrogens is 1. The van der Waals surface area contributed by atoms with Crippen molar-refractivity contribution in [3.8, 4) is 0 Å². The summed E-state index contributed by atoms with van der Waals surface area (Å²) in [6.45, 7) is 9.62. The summed E-state index contributed by atoms with van der Waals surface area (Å²) in [6, 6.07) is 19.8. The number of esters is 1. The van der Waals surface area contributed by atoms with Crippen LogP contribution in [-0.4, -0.2) is 43.7 Å². The zero-order valence-corrected chi connectivity index (χ0v) is 18.4. The van der Waals surface area contributed by atoms with Gasteiger partial charge in [-0.3, -0.25) is 4.79 Å². The molecular formula is C22H30INO2. The summed E-state index contributed by atoms with van der Waals surface area (Å²) >= 11 is 0. The van der Waals surface area contributed by atoms with E-state index in [4.69, 9.17) is 4.74 Å². The lowest BCUT2D eigenvalue weighted by Crippen LogP contribution is -3.00. The average molecular weight is 467 g/mol. The van der Waals surface area contributed by atoms with Gasteiger partial charge in [0.25, 0.3) is 0 Å². The first-order valence-electron chi connectivity index (χ1n) is 9.08. The third-order valence-corrected chi connectivity index (χ3v) is 5.50. The fourth-order valence-electron chi connectivity index (χ4n) is 2.99. The van der Waals surface area contributed by atoms with Crippen LogP contribution >= 0.6 is 0 Å². The van der Waals surface area contributed by atoms with E-state index >= 15 is 0 Å². The number of nitrogens with zero attached hydrogens (tertiary/aromatic N) is 1. The van der Waals surface area contributed by atoms with E-state index in [1.807, 2.05) is 67.6 Å². The zero-order chi connectivity index (χ0) is 18.3. The molecule has 0 aliphatic carbocycles. The first-order valence-corrected chi connectivity index (χ1v) is 9.08. The molecule has 0 unspecified atom stereocenters. The summed E-state index contributed by atoms with van der Waals surface area (Å²) in [6.07, 6.45) is 0. The molecule has 0 aromatic heterocycles. The molecule has 0 aliphatic heterocycles. The number of benzene rings is 2. The van der Waals surface area contributed by atoms with E-state index in [9.17, 15) is 4.79 Å². The molecule has 0 bridgehead atoms. The van der Waals surface area contributed by atoms with Gasteiger partial charge in [-0.15, -0.1) is 0 Å². The molecule has 0 N–H and O–H groups in total. The van der Waals surface area contributed by atoms with Crippen molar-refractivity contribution in [3.63, 3.8) is 0 Å². The fourth-order valence-corrected chi connectivity index (χ4v) is 2.99. The number of ether oxygens (including phenoxy) is 1. The van der Waals surface area contributed by atoms with Gasteiger partial charge in [0.2, 0.25) is 0 Å². The number of hydrogen-bond acceptors (Lipinski definition) is 2. The smallest absolute Gasteiger partial charge is 0.321 e. The lowest BCUT2D eigenvalue weighted by molar-refractivity contribution is -0.906. The van der Waals surface area contributed by atoms with Gasteiger partial charge in [0.15, 0.2) is 0 Å². The molecule has 2 aromatic carbocycles. The number of carbonyl (C=O) groups excluding carboxylic acids is 1. The normalized spacial score (nSPS) is 11.5. The van der Waals surface area contributed by atoms with Crippen molar-refractivity contribution in [2.24, 2.45) is 0 Å². The standard InChI is InChI=1S/C22H30NO2.HI/c1-5-23(4,6-2)17-18-25-21(24)22(3,19-13-9-7-10-14-19)20-15-11-8-12-16-20;/h7-16H,5-6,17-18H2,1-4H3;1H/q+1;/p-1. The Morgan fingerprint density at radius 2 is 1.35 bits per heavy atom. The van der Waals surface area contributed by atoms with Gasteiger partial charge in [-0.05, 0) is 31.9 Å². The highest BCUT2D eigenvalue weighted by atomic mass is 127. The maximum atomic E-state index is 13.1. The maximum absolute atomic E-state index is 13.1. The number of carbonyl (C=O) groups is 1. The largest absolute Gasteiger partial charge is 1.00 e. The third kappa shape index (κ3) is 5.07. The molecule has 0 saturated heterocycles. The van der Waals surface area contributed by atoms with Crippen molar-refractivity contribution >= 4 is 5.97 Å². The molecular weight excluding hydrogens is 437 g/mol. The summed E-state index contributed by atoms with van der Waals surface area (Å²) in [5.74, 6) is -0.191. The topological polar surface area (TPSA) is 26.3 Å². The average Bonchev–Trinajstić information content (AvgIpc) is 2.68. The lowest BCUT2D eigenvalue weighted by Gasteiger charge is -2.33. The van der Waals surface area contributed by atoms with Gasteiger partial charge < -0.3 is 33.2 Å². The van der Waals surface area contributed by atoms with E-state index in [1.54, 1.807) is 0 Å². The van der Waals surface area contributed by atoms with Crippen LogP contribution in [0.1, 0.15) is 31.9 Å². The first kappa shape index (κ1) is 22.6. The fraction of sp³-hybridized carbons (Fsp3) is 0.409. The SMILES string of the molecule is CC[N+](C)(CC)CCOC(=O)C(C)(c1ccccc1)c1ccccc1.[I-]. The Hall–Kier alpha value is -1.40. The minimum atomic E-state index is -0.801. The minimum Gasteiger partial charge on any atom is -1.00 e. The van der Waals surface area contributed by atoms with E-state index in [1.165, 1.54) is 0 Å². The highest BCUT2D eigenvalue weighted by Gasteiger charge is 2.38. The van der Waals surface area contributed by atoms with Crippen molar-refractivity contribution in [3.05, 3.63) is 71.8 Å². The monoisotopic (exact) mass is 467 g/mol. The maximum Gasteiger partial charge on any atom is 0.321 e. The van der Waals surface area contributed by atoms with E-state index in [0.29, 0.717) is 6.61 Å². The second-order valence-electron chi connectivity index (χ2n) is 6.97. The van der Waals surface area contributed by atoms with Crippen LogP contribution in [0.25, 0.3) is 0 Å². The molecule has 3 nitrogen and oxygen atoms in total. The zero-order valence-electron chi connectivity index (χ0n) is 16.2. The van der Waals surface area contributed by atoms with Crippen LogP contribution in [0.3, 0.4) is 0 Å². The van der Waals surface area contributed by atoms with Gasteiger partial charge in [0.05, 0.1) is 20.1 Å². The van der Waals surface area contributed by atoms with Gasteiger partial charge in [0.1, 0.15) is 18.6 Å². The molecule has 2 aromatic rings. The van der Waals surface area contributed by atoms with Gasteiger partial charge in [0, 0.05) is 0 Å². The van der Waals surface area contributed by atoms with Crippen molar-refractivity contribution in [2.45, 2.75) is 26.2 Å². The number of hydrogen-bond donors (Lipinski definition) is 0. The predicted molar refractivity (Wildman–Crippen MR) is 102 cm³/mol. The van der Waals surface area contributed by atoms with E-state index < -0.39 is 5.41 Å². The van der Waals surface area contributed by atoms with Crippen LogP contribution < -0.4 is 24.0 Å². The Morgan fingerprint density at radius 3 is 1.73 bits per heavy atom. The van der Waals surface area contributed by atoms with Crippen LogP contribution in [0.5, 0.6) is 0 Å². The molecule has 2 rings (SSSR count). The van der Waals surface area contributed by atoms with Crippen LogP contribution in [0.4, 0.5) is 0 Å². The van der Waals surface area contributed by atoms with Crippen molar-refractivity contribution < 1.29 is 38.0 Å². The quantitative estimate of drug-likeness (QED) is 0.330. The Morgan fingerprint density at radius 1 is 0.923 bits per heavy atom. The second kappa shape index (κ2) is 10.1. The summed E-state index contributed by atoms with van der Waals surface area (Å²) in [5, 5.41) is 0. The lowest BCUT2D eigenvalue weighted by atomic mass is 9.76. The molecule has 0 aliphatic rings. The van der Waals surface area contributed by atoms with Crippen molar-refractivity contribution in [2.75, 3.05) is 33.3 Å². The summed E-state index contributed by atoms with van der Waals surface area (Å²) < 4.78 is 6.66. The molecule has 0 amide bonds.